The maximum atomic E-state index is 13.9. The van der Waals surface area contributed by atoms with Gasteiger partial charge in [-0.3, -0.25) is 0 Å². The number of thiophene rings is 1. The fourth-order valence-corrected chi connectivity index (χ4v) is 4.47. The van der Waals surface area contributed by atoms with Crippen molar-refractivity contribution in [1.29, 1.82) is 0 Å². The number of halogens is 2. The molecule has 2 atom stereocenters. The molecule has 0 aliphatic carbocycles. The zero-order chi connectivity index (χ0) is 17.7. The summed E-state index contributed by atoms with van der Waals surface area (Å²) in [6.45, 7) is 0. The molecular weight excluding hydrogens is 371 g/mol. The number of benzene rings is 2. The van der Waals surface area contributed by atoms with E-state index in [-0.39, 0.29) is 11.9 Å². The van der Waals surface area contributed by atoms with Crippen molar-refractivity contribution in [2.24, 2.45) is 5.10 Å². The van der Waals surface area contributed by atoms with Crippen molar-refractivity contribution in [3.8, 4) is 5.75 Å². The van der Waals surface area contributed by atoms with Crippen LogP contribution in [0.4, 0.5) is 4.39 Å². The third-order valence-electron chi connectivity index (χ3n) is 4.73. The monoisotopic (exact) mass is 384 g/mol. The number of fused-ring (bicyclic) bond motifs is 3. The van der Waals surface area contributed by atoms with Crippen LogP contribution in [0.15, 0.2) is 65.1 Å². The van der Waals surface area contributed by atoms with Gasteiger partial charge in [0.15, 0.2) is 0 Å². The molecule has 0 saturated heterocycles. The van der Waals surface area contributed by atoms with Crippen LogP contribution in [0.1, 0.15) is 34.7 Å². The molecule has 130 valence electrons. The topological polar surface area (TPSA) is 24.8 Å². The van der Waals surface area contributed by atoms with Crippen LogP contribution < -0.4 is 4.74 Å². The molecule has 0 saturated carbocycles. The molecule has 5 rings (SSSR count). The fourth-order valence-electron chi connectivity index (χ4n) is 3.53. The zero-order valence-corrected chi connectivity index (χ0v) is 15.2. The number of nitrogens with zero attached hydrogens (tertiary/aromatic N) is 2. The molecule has 0 bridgehead atoms. The number of hydrazone groups is 1. The van der Waals surface area contributed by atoms with Crippen LogP contribution in [0.25, 0.3) is 0 Å². The van der Waals surface area contributed by atoms with E-state index in [0.29, 0.717) is 10.6 Å². The maximum Gasteiger partial charge on any atom is 0.215 e. The summed E-state index contributed by atoms with van der Waals surface area (Å²) in [5.41, 5.74) is 2.69. The van der Waals surface area contributed by atoms with Crippen molar-refractivity contribution >= 4 is 28.6 Å². The Bertz CT molecular complexity index is 1000. The number of ether oxygens (including phenoxy) is 1. The van der Waals surface area contributed by atoms with E-state index in [1.165, 1.54) is 12.1 Å². The molecule has 2 aromatic carbocycles. The van der Waals surface area contributed by atoms with E-state index < -0.39 is 6.23 Å². The number of hydrogen-bond donors (Lipinski definition) is 0. The highest BCUT2D eigenvalue weighted by Gasteiger charge is 2.41. The van der Waals surface area contributed by atoms with Crippen LogP contribution in [-0.4, -0.2) is 10.7 Å². The molecule has 3 heterocycles. The molecule has 0 spiro atoms. The lowest BCUT2D eigenvalue weighted by molar-refractivity contribution is -0.0191. The predicted octanol–water partition coefficient (Wildman–Crippen LogP) is 5.78. The van der Waals surface area contributed by atoms with Crippen molar-refractivity contribution in [3.05, 3.63) is 86.8 Å². The summed E-state index contributed by atoms with van der Waals surface area (Å²) >= 11 is 8.03. The van der Waals surface area contributed by atoms with Gasteiger partial charge in [0, 0.05) is 22.6 Å². The van der Waals surface area contributed by atoms with Gasteiger partial charge in [0.05, 0.1) is 16.6 Å². The standard InChI is InChI=1S/C20H14ClFN2OS/c21-15-8-7-12(22)10-14(15)20-24-17(13-4-1-2-5-18(13)25-20)11-16(23-24)19-6-3-9-26-19/h1-10,17,20H,11H2/t17-,20-/m1/s1. The second-order valence-electron chi connectivity index (χ2n) is 6.30. The molecule has 6 heteroatoms. The summed E-state index contributed by atoms with van der Waals surface area (Å²) in [6, 6.07) is 16.4. The van der Waals surface area contributed by atoms with Crippen LogP contribution in [0.2, 0.25) is 5.02 Å². The number of para-hydroxylation sites is 1. The van der Waals surface area contributed by atoms with Gasteiger partial charge in [0.25, 0.3) is 0 Å². The second kappa shape index (κ2) is 6.11. The Labute approximate surface area is 159 Å². The summed E-state index contributed by atoms with van der Waals surface area (Å²) in [7, 11) is 0. The van der Waals surface area contributed by atoms with Crippen LogP contribution >= 0.6 is 22.9 Å². The van der Waals surface area contributed by atoms with Gasteiger partial charge >= 0.3 is 0 Å². The van der Waals surface area contributed by atoms with Crippen molar-refractivity contribution < 1.29 is 9.13 Å². The first-order chi connectivity index (χ1) is 12.7. The minimum Gasteiger partial charge on any atom is -0.464 e. The third-order valence-corrected chi connectivity index (χ3v) is 5.99. The lowest BCUT2D eigenvalue weighted by Crippen LogP contribution is -2.33. The van der Waals surface area contributed by atoms with Gasteiger partial charge < -0.3 is 4.74 Å². The Morgan fingerprint density at radius 3 is 2.85 bits per heavy atom. The van der Waals surface area contributed by atoms with Gasteiger partial charge in [-0.1, -0.05) is 35.9 Å². The summed E-state index contributed by atoms with van der Waals surface area (Å²) in [4.78, 5) is 1.14. The quantitative estimate of drug-likeness (QED) is 0.559. The molecule has 3 nitrogen and oxygen atoms in total. The molecule has 0 amide bonds. The van der Waals surface area contributed by atoms with E-state index in [4.69, 9.17) is 21.4 Å². The van der Waals surface area contributed by atoms with Gasteiger partial charge in [-0.05, 0) is 35.7 Å². The van der Waals surface area contributed by atoms with Crippen LogP contribution in [0, 0.1) is 5.82 Å². The van der Waals surface area contributed by atoms with Gasteiger partial charge in [0.1, 0.15) is 11.6 Å². The average Bonchev–Trinajstić information content (AvgIpc) is 3.32. The minimum atomic E-state index is -0.560. The highest BCUT2D eigenvalue weighted by Crippen LogP contribution is 2.48. The molecule has 26 heavy (non-hydrogen) atoms. The van der Waals surface area contributed by atoms with Gasteiger partial charge in [0.2, 0.25) is 6.23 Å². The number of rotatable bonds is 2. The summed E-state index contributed by atoms with van der Waals surface area (Å²) in [5, 5.41) is 9.26. The minimum absolute atomic E-state index is 0.0429. The van der Waals surface area contributed by atoms with E-state index in [0.717, 1.165) is 28.3 Å². The van der Waals surface area contributed by atoms with E-state index in [2.05, 4.69) is 12.1 Å². The number of hydrogen-bond acceptors (Lipinski definition) is 4. The first kappa shape index (κ1) is 15.9. The summed E-state index contributed by atoms with van der Waals surface area (Å²) < 4.78 is 20.1. The van der Waals surface area contributed by atoms with E-state index in [9.17, 15) is 4.39 Å². The normalized spacial score (nSPS) is 21.0. The Kier molecular flexibility index (Phi) is 3.72. The van der Waals surface area contributed by atoms with E-state index >= 15 is 0 Å². The fraction of sp³-hybridized carbons (Fsp3) is 0.150. The largest absolute Gasteiger partial charge is 0.464 e. The highest BCUT2D eigenvalue weighted by molar-refractivity contribution is 7.12. The van der Waals surface area contributed by atoms with Crippen LogP contribution in [0.3, 0.4) is 0 Å². The second-order valence-corrected chi connectivity index (χ2v) is 7.65. The molecule has 3 aromatic rings. The molecule has 0 fully saturated rings. The van der Waals surface area contributed by atoms with Gasteiger partial charge in [-0.2, -0.15) is 5.10 Å². The Morgan fingerprint density at radius 1 is 1.12 bits per heavy atom. The Balaban J connectivity index is 1.64. The van der Waals surface area contributed by atoms with Gasteiger partial charge in [-0.15, -0.1) is 11.3 Å². The molecule has 0 radical (unpaired) electrons. The Morgan fingerprint density at radius 2 is 2.00 bits per heavy atom. The molecular formula is C20H14ClFN2OS. The SMILES string of the molecule is Fc1ccc(Cl)c([C@H]2Oc3ccccc3[C@H]3CC(c4cccs4)=NN32)c1. The third kappa shape index (κ3) is 2.50. The smallest absolute Gasteiger partial charge is 0.215 e. The zero-order valence-electron chi connectivity index (χ0n) is 13.6. The van der Waals surface area contributed by atoms with Crippen molar-refractivity contribution in [1.82, 2.24) is 5.01 Å². The van der Waals surface area contributed by atoms with Crippen LogP contribution in [0.5, 0.6) is 5.75 Å². The molecule has 0 unspecified atom stereocenters. The molecule has 1 aromatic heterocycles. The average molecular weight is 385 g/mol. The van der Waals surface area contributed by atoms with E-state index in [1.807, 2.05) is 34.7 Å². The Hall–Kier alpha value is -2.37. The first-order valence-corrected chi connectivity index (χ1v) is 9.57. The highest BCUT2D eigenvalue weighted by atomic mass is 35.5. The van der Waals surface area contributed by atoms with E-state index in [1.54, 1.807) is 17.4 Å². The summed E-state index contributed by atoms with van der Waals surface area (Å²) in [6.07, 6.45) is 0.222. The summed E-state index contributed by atoms with van der Waals surface area (Å²) in [5.74, 6) is 0.451. The van der Waals surface area contributed by atoms with Crippen molar-refractivity contribution in [2.45, 2.75) is 18.7 Å². The maximum absolute atomic E-state index is 13.9. The lowest BCUT2D eigenvalue weighted by Gasteiger charge is -2.38. The van der Waals surface area contributed by atoms with Crippen LogP contribution in [-0.2, 0) is 0 Å². The van der Waals surface area contributed by atoms with Gasteiger partial charge in [-0.25, -0.2) is 9.40 Å². The molecule has 0 N–H and O–H groups in total. The lowest BCUT2D eigenvalue weighted by atomic mass is 9.97. The van der Waals surface area contributed by atoms with Crippen molar-refractivity contribution in [3.63, 3.8) is 0 Å². The van der Waals surface area contributed by atoms with Crippen molar-refractivity contribution in [2.75, 3.05) is 0 Å². The molecule has 2 aliphatic heterocycles. The molecule has 2 aliphatic rings. The first-order valence-electron chi connectivity index (χ1n) is 8.31. The predicted molar refractivity (Wildman–Crippen MR) is 101 cm³/mol.